The minimum absolute atomic E-state index is 0.135. The summed E-state index contributed by atoms with van der Waals surface area (Å²) in [6.07, 6.45) is 1.09. The summed E-state index contributed by atoms with van der Waals surface area (Å²) in [5.41, 5.74) is 2.24. The van der Waals surface area contributed by atoms with Gasteiger partial charge in [-0.2, -0.15) is 0 Å². The molecule has 168 valence electrons. The molecule has 0 bridgehead atoms. The molecule has 1 aliphatic heterocycles. The van der Waals surface area contributed by atoms with Crippen molar-refractivity contribution in [2.45, 2.75) is 42.4 Å². The third kappa shape index (κ3) is 4.12. The highest BCUT2D eigenvalue weighted by Crippen LogP contribution is 2.47. The molecule has 32 heavy (non-hydrogen) atoms. The van der Waals surface area contributed by atoms with Gasteiger partial charge in [-0.15, -0.1) is 11.3 Å². The van der Waals surface area contributed by atoms with Crippen LogP contribution in [0.1, 0.15) is 41.7 Å². The summed E-state index contributed by atoms with van der Waals surface area (Å²) in [6.45, 7) is 4.48. The van der Waals surface area contributed by atoms with Gasteiger partial charge in [-0.25, -0.2) is 8.42 Å². The minimum Gasteiger partial charge on any atom is -0.493 e. The zero-order valence-electron chi connectivity index (χ0n) is 18.2. The lowest BCUT2D eigenvalue weighted by molar-refractivity contribution is -0.116. The second-order valence-electron chi connectivity index (χ2n) is 7.72. The van der Waals surface area contributed by atoms with Gasteiger partial charge in [-0.3, -0.25) is 4.79 Å². The summed E-state index contributed by atoms with van der Waals surface area (Å²) in [7, 11) is -2.18. The van der Waals surface area contributed by atoms with E-state index in [1.54, 1.807) is 36.8 Å². The molecule has 0 fully saturated rings. The Hall–Kier alpha value is -2.84. The van der Waals surface area contributed by atoms with Crippen LogP contribution < -0.4 is 14.8 Å². The Kier molecular flexibility index (Phi) is 6.26. The van der Waals surface area contributed by atoms with E-state index in [2.05, 4.69) is 5.32 Å². The van der Waals surface area contributed by atoms with E-state index in [9.17, 15) is 13.2 Å². The first-order chi connectivity index (χ1) is 15.3. The van der Waals surface area contributed by atoms with Gasteiger partial charge in [0.05, 0.1) is 24.3 Å². The fraction of sp³-hybridized carbons (Fsp3) is 0.292. The van der Waals surface area contributed by atoms with E-state index in [1.807, 2.05) is 32.0 Å². The SMILES string of the molecule is CCCOc1cc([C@H]2CC(=O)Nc3c(S(=O)(=O)c4ccc(C)cc4)csc32)ccc1OC. The Morgan fingerprint density at radius 1 is 1.12 bits per heavy atom. The van der Waals surface area contributed by atoms with E-state index < -0.39 is 9.84 Å². The fourth-order valence-corrected chi connectivity index (χ4v) is 6.66. The number of hydrogen-bond donors (Lipinski definition) is 1. The highest BCUT2D eigenvalue weighted by Gasteiger charge is 2.34. The minimum atomic E-state index is -3.76. The van der Waals surface area contributed by atoms with Gasteiger partial charge in [0.2, 0.25) is 15.7 Å². The van der Waals surface area contributed by atoms with E-state index in [-0.39, 0.29) is 28.0 Å². The van der Waals surface area contributed by atoms with Gasteiger partial charge >= 0.3 is 0 Å². The maximum absolute atomic E-state index is 13.3. The predicted octanol–water partition coefficient (Wildman–Crippen LogP) is 5.16. The van der Waals surface area contributed by atoms with Gasteiger partial charge in [0.15, 0.2) is 11.5 Å². The number of carbonyl (C=O) groups is 1. The summed E-state index contributed by atoms with van der Waals surface area (Å²) in [6, 6.07) is 12.3. The molecule has 1 aromatic heterocycles. The van der Waals surface area contributed by atoms with E-state index in [1.165, 1.54) is 11.3 Å². The number of methoxy groups -OCH3 is 1. The average molecular weight is 472 g/mol. The molecule has 1 atom stereocenters. The Morgan fingerprint density at radius 3 is 2.56 bits per heavy atom. The van der Waals surface area contributed by atoms with E-state index >= 15 is 0 Å². The Bertz CT molecular complexity index is 1250. The van der Waals surface area contributed by atoms with E-state index in [0.717, 1.165) is 22.4 Å². The lowest BCUT2D eigenvalue weighted by atomic mass is 9.90. The highest BCUT2D eigenvalue weighted by molar-refractivity contribution is 7.91. The van der Waals surface area contributed by atoms with Crippen LogP contribution in [0.15, 0.2) is 57.6 Å². The topological polar surface area (TPSA) is 81.7 Å². The van der Waals surface area contributed by atoms with E-state index in [4.69, 9.17) is 9.47 Å². The predicted molar refractivity (Wildman–Crippen MR) is 125 cm³/mol. The van der Waals surface area contributed by atoms with Crippen molar-refractivity contribution in [2.24, 2.45) is 0 Å². The van der Waals surface area contributed by atoms with Crippen LogP contribution in [0, 0.1) is 6.92 Å². The lowest BCUT2D eigenvalue weighted by Gasteiger charge is -2.24. The van der Waals surface area contributed by atoms with Crippen molar-refractivity contribution < 1.29 is 22.7 Å². The van der Waals surface area contributed by atoms with Crippen molar-refractivity contribution in [3.05, 3.63) is 63.8 Å². The number of thiophene rings is 1. The first-order valence-electron chi connectivity index (χ1n) is 10.4. The standard InChI is InChI=1S/C24H25NO5S2/c1-4-11-30-20-12-16(7-10-19(20)29-3)18-13-22(26)25-23-21(14-31-24(18)23)32(27,28)17-8-5-15(2)6-9-17/h5-10,12,14,18H,4,11,13H2,1-3H3,(H,25,26)/t18-/m1/s1. The molecule has 8 heteroatoms. The molecule has 0 radical (unpaired) electrons. The summed E-state index contributed by atoms with van der Waals surface area (Å²) in [4.78, 5) is 13.8. The quantitative estimate of drug-likeness (QED) is 0.515. The van der Waals surface area contributed by atoms with Crippen LogP contribution >= 0.6 is 11.3 Å². The van der Waals surface area contributed by atoms with Crippen molar-refractivity contribution in [1.29, 1.82) is 0 Å². The number of nitrogens with one attached hydrogen (secondary N) is 1. The molecule has 0 aliphatic carbocycles. The van der Waals surface area contributed by atoms with Crippen LogP contribution in [0.5, 0.6) is 11.5 Å². The van der Waals surface area contributed by atoms with Crippen LogP contribution in [0.2, 0.25) is 0 Å². The number of carbonyl (C=O) groups excluding carboxylic acids is 1. The molecule has 0 saturated heterocycles. The van der Waals surface area contributed by atoms with Crippen molar-refractivity contribution in [2.75, 3.05) is 19.0 Å². The zero-order valence-corrected chi connectivity index (χ0v) is 19.8. The molecule has 2 heterocycles. The number of amides is 1. The molecule has 6 nitrogen and oxygen atoms in total. The van der Waals surface area contributed by atoms with Gasteiger partial charge < -0.3 is 14.8 Å². The van der Waals surface area contributed by atoms with Crippen LogP contribution in [0.25, 0.3) is 0 Å². The fourth-order valence-electron chi connectivity index (χ4n) is 3.75. The number of fused-ring (bicyclic) bond motifs is 1. The Labute approximate surface area is 192 Å². The number of ether oxygens (including phenoxy) is 2. The summed E-state index contributed by atoms with van der Waals surface area (Å²) >= 11 is 1.35. The van der Waals surface area contributed by atoms with Gasteiger partial charge in [-0.05, 0) is 43.2 Å². The van der Waals surface area contributed by atoms with E-state index in [0.29, 0.717) is 23.8 Å². The molecule has 3 aromatic rings. The maximum atomic E-state index is 13.3. The van der Waals surface area contributed by atoms with Crippen molar-refractivity contribution in [1.82, 2.24) is 0 Å². The van der Waals surface area contributed by atoms with Crippen LogP contribution in [0.4, 0.5) is 5.69 Å². The smallest absolute Gasteiger partial charge is 0.225 e. The molecule has 0 unspecified atom stereocenters. The first-order valence-corrected chi connectivity index (χ1v) is 12.7. The highest BCUT2D eigenvalue weighted by atomic mass is 32.2. The van der Waals surface area contributed by atoms with Crippen LogP contribution in [0.3, 0.4) is 0 Å². The maximum Gasteiger partial charge on any atom is 0.225 e. The largest absolute Gasteiger partial charge is 0.493 e. The Balaban J connectivity index is 1.77. The number of anilines is 1. The normalized spacial score (nSPS) is 15.7. The van der Waals surface area contributed by atoms with Crippen LogP contribution in [-0.4, -0.2) is 28.0 Å². The first kappa shape index (κ1) is 22.4. The second-order valence-corrected chi connectivity index (χ2v) is 10.5. The summed E-state index contributed by atoms with van der Waals surface area (Å²) in [5.74, 6) is 0.758. The number of aryl methyl sites for hydroxylation is 1. The van der Waals surface area contributed by atoms with Crippen molar-refractivity contribution in [3.63, 3.8) is 0 Å². The molecule has 1 aliphatic rings. The summed E-state index contributed by atoms with van der Waals surface area (Å²) in [5, 5.41) is 4.42. The molecular formula is C24H25NO5S2. The number of rotatable bonds is 7. The van der Waals surface area contributed by atoms with Gasteiger partial charge in [0, 0.05) is 22.6 Å². The number of benzene rings is 2. The monoisotopic (exact) mass is 471 g/mol. The molecule has 1 amide bonds. The van der Waals surface area contributed by atoms with Gasteiger partial charge in [-0.1, -0.05) is 30.7 Å². The number of sulfone groups is 1. The lowest BCUT2D eigenvalue weighted by Crippen LogP contribution is -2.23. The van der Waals surface area contributed by atoms with Crippen LogP contribution in [-0.2, 0) is 14.6 Å². The van der Waals surface area contributed by atoms with Gasteiger partial charge in [0.1, 0.15) is 4.90 Å². The Morgan fingerprint density at radius 2 is 1.88 bits per heavy atom. The molecule has 0 saturated carbocycles. The third-order valence-corrected chi connectivity index (χ3v) is 8.47. The molecule has 0 spiro atoms. The van der Waals surface area contributed by atoms with Crippen molar-refractivity contribution in [3.8, 4) is 11.5 Å². The zero-order chi connectivity index (χ0) is 22.9. The molecular weight excluding hydrogens is 446 g/mol. The van der Waals surface area contributed by atoms with Gasteiger partial charge in [0.25, 0.3) is 0 Å². The second kappa shape index (κ2) is 8.96. The number of hydrogen-bond acceptors (Lipinski definition) is 6. The molecule has 2 aromatic carbocycles. The average Bonchev–Trinajstić information content (AvgIpc) is 3.21. The molecule has 4 rings (SSSR count). The van der Waals surface area contributed by atoms with Crippen molar-refractivity contribution >= 4 is 32.8 Å². The molecule has 1 N–H and O–H groups in total. The summed E-state index contributed by atoms with van der Waals surface area (Å²) < 4.78 is 37.8. The third-order valence-electron chi connectivity index (χ3n) is 5.43.